The summed E-state index contributed by atoms with van der Waals surface area (Å²) in [5.41, 5.74) is 5.12. The Hall–Kier alpha value is -2.95. The number of rotatable bonds is 3. The molecule has 4 rings (SSSR count). The van der Waals surface area contributed by atoms with Crippen molar-refractivity contribution in [1.29, 1.82) is 0 Å². The van der Waals surface area contributed by atoms with Crippen LogP contribution >= 0.6 is 0 Å². The first-order valence-corrected chi connectivity index (χ1v) is 10.1. The van der Waals surface area contributed by atoms with Crippen molar-refractivity contribution in [3.63, 3.8) is 0 Å². The number of benzene rings is 1. The van der Waals surface area contributed by atoms with E-state index in [0.717, 1.165) is 41.1 Å². The number of aromatic amines is 1. The Bertz CT molecular complexity index is 1180. The van der Waals surface area contributed by atoms with Crippen LogP contribution in [0.25, 0.3) is 11.3 Å². The Morgan fingerprint density at radius 1 is 1.19 bits per heavy atom. The molecular weight excluding hydrogens is 360 g/mol. The number of H-pyrrole nitrogens is 1. The molecular formula is C20H18N4O2S. The van der Waals surface area contributed by atoms with E-state index < -0.39 is 10.0 Å². The van der Waals surface area contributed by atoms with Gasteiger partial charge in [0.05, 0.1) is 16.2 Å². The van der Waals surface area contributed by atoms with E-state index in [0.29, 0.717) is 11.5 Å². The highest BCUT2D eigenvalue weighted by molar-refractivity contribution is 7.89. The summed E-state index contributed by atoms with van der Waals surface area (Å²) < 4.78 is 23.1. The minimum atomic E-state index is -3.76. The second kappa shape index (κ2) is 6.65. The van der Waals surface area contributed by atoms with Crippen molar-refractivity contribution in [1.82, 2.24) is 15.2 Å². The molecule has 0 unspecified atom stereocenters. The normalized spacial score (nSPS) is 13.9. The SMILES string of the molecule is Cc1cc(-c2n[nH]c(C3CC3)c2C#Cc2cccc(S(N)(=O)=O)c2)ccn1. The Morgan fingerprint density at radius 3 is 2.70 bits per heavy atom. The van der Waals surface area contributed by atoms with E-state index in [-0.39, 0.29) is 4.90 Å². The highest BCUT2D eigenvalue weighted by Gasteiger charge is 2.29. The third kappa shape index (κ3) is 3.77. The lowest BCUT2D eigenvalue weighted by atomic mass is 10.0. The minimum Gasteiger partial charge on any atom is -0.280 e. The average Bonchev–Trinajstić information content (AvgIpc) is 3.39. The van der Waals surface area contributed by atoms with Crippen LogP contribution < -0.4 is 5.14 Å². The molecule has 3 N–H and O–H groups in total. The number of nitrogens with zero attached hydrogens (tertiary/aromatic N) is 2. The summed E-state index contributed by atoms with van der Waals surface area (Å²) in [5.74, 6) is 6.71. The zero-order chi connectivity index (χ0) is 19.0. The largest absolute Gasteiger partial charge is 0.280 e. The molecule has 0 atom stereocenters. The summed E-state index contributed by atoms with van der Waals surface area (Å²) in [6.45, 7) is 1.93. The zero-order valence-electron chi connectivity index (χ0n) is 14.7. The second-order valence-electron chi connectivity index (χ2n) is 6.64. The minimum absolute atomic E-state index is 0.0499. The Labute approximate surface area is 157 Å². The van der Waals surface area contributed by atoms with E-state index >= 15 is 0 Å². The quantitative estimate of drug-likeness (QED) is 0.684. The van der Waals surface area contributed by atoms with Gasteiger partial charge in [-0.3, -0.25) is 10.1 Å². The lowest BCUT2D eigenvalue weighted by Crippen LogP contribution is -2.11. The molecule has 3 aromatic rings. The molecule has 1 aliphatic rings. The van der Waals surface area contributed by atoms with Crippen molar-refractivity contribution in [3.8, 4) is 23.1 Å². The average molecular weight is 378 g/mol. The fourth-order valence-electron chi connectivity index (χ4n) is 2.94. The fraction of sp³-hybridized carbons (Fsp3) is 0.200. The molecule has 6 nitrogen and oxygen atoms in total. The highest BCUT2D eigenvalue weighted by Crippen LogP contribution is 2.42. The lowest BCUT2D eigenvalue weighted by Gasteiger charge is -2.01. The maximum atomic E-state index is 11.5. The van der Waals surface area contributed by atoms with Crippen molar-refractivity contribution in [2.45, 2.75) is 30.6 Å². The van der Waals surface area contributed by atoms with Gasteiger partial charge in [-0.15, -0.1) is 0 Å². The fourth-order valence-corrected chi connectivity index (χ4v) is 3.50. The topological polar surface area (TPSA) is 102 Å². The van der Waals surface area contributed by atoms with Gasteiger partial charge in [-0.1, -0.05) is 17.9 Å². The molecule has 0 spiro atoms. The van der Waals surface area contributed by atoms with E-state index in [1.165, 1.54) is 12.1 Å². The van der Waals surface area contributed by atoms with Gasteiger partial charge in [-0.25, -0.2) is 13.6 Å². The number of nitrogens with two attached hydrogens (primary N) is 1. The van der Waals surface area contributed by atoms with Gasteiger partial charge in [0.2, 0.25) is 10.0 Å². The van der Waals surface area contributed by atoms with Crippen LogP contribution in [0.5, 0.6) is 0 Å². The smallest absolute Gasteiger partial charge is 0.238 e. The lowest BCUT2D eigenvalue weighted by molar-refractivity contribution is 0.598. The van der Waals surface area contributed by atoms with Gasteiger partial charge < -0.3 is 0 Å². The molecule has 27 heavy (non-hydrogen) atoms. The van der Waals surface area contributed by atoms with Gasteiger partial charge in [-0.05, 0) is 50.1 Å². The molecule has 1 aliphatic carbocycles. The first-order chi connectivity index (χ1) is 12.9. The highest BCUT2D eigenvalue weighted by atomic mass is 32.2. The van der Waals surface area contributed by atoms with Crippen LogP contribution in [0.4, 0.5) is 0 Å². The molecule has 2 heterocycles. The monoisotopic (exact) mass is 378 g/mol. The summed E-state index contributed by atoms with van der Waals surface area (Å²) in [6, 6.07) is 10.2. The maximum Gasteiger partial charge on any atom is 0.238 e. The Kier molecular flexibility index (Phi) is 4.30. The van der Waals surface area contributed by atoms with Crippen molar-refractivity contribution in [2.24, 2.45) is 5.14 Å². The van der Waals surface area contributed by atoms with Crippen LogP contribution in [0.2, 0.25) is 0 Å². The summed E-state index contributed by atoms with van der Waals surface area (Å²) in [6.07, 6.45) is 3.99. The van der Waals surface area contributed by atoms with Gasteiger partial charge in [-0.2, -0.15) is 5.10 Å². The van der Waals surface area contributed by atoms with E-state index in [9.17, 15) is 8.42 Å². The predicted octanol–water partition coefficient (Wildman–Crippen LogP) is 2.70. The first kappa shape index (κ1) is 17.5. The summed E-state index contributed by atoms with van der Waals surface area (Å²) >= 11 is 0. The first-order valence-electron chi connectivity index (χ1n) is 8.58. The number of nitrogens with one attached hydrogen (secondary N) is 1. The van der Waals surface area contributed by atoms with Gasteiger partial charge in [0.1, 0.15) is 5.69 Å². The van der Waals surface area contributed by atoms with E-state index in [1.807, 2.05) is 19.1 Å². The molecule has 0 aliphatic heterocycles. The van der Waals surface area contributed by atoms with E-state index in [2.05, 4.69) is 27.0 Å². The molecule has 136 valence electrons. The van der Waals surface area contributed by atoms with Gasteiger partial charge in [0.15, 0.2) is 0 Å². The third-order valence-corrected chi connectivity index (χ3v) is 5.36. The molecule has 1 saturated carbocycles. The number of primary sulfonamides is 1. The molecule has 0 bridgehead atoms. The van der Waals surface area contributed by atoms with Crippen LogP contribution in [-0.4, -0.2) is 23.6 Å². The summed E-state index contributed by atoms with van der Waals surface area (Å²) in [7, 11) is -3.76. The predicted molar refractivity (Wildman–Crippen MR) is 102 cm³/mol. The van der Waals surface area contributed by atoms with E-state index in [4.69, 9.17) is 5.14 Å². The molecule has 1 aromatic carbocycles. The van der Waals surface area contributed by atoms with Gasteiger partial charge >= 0.3 is 0 Å². The molecule has 0 saturated heterocycles. The van der Waals surface area contributed by atoms with Crippen LogP contribution in [0, 0.1) is 18.8 Å². The molecule has 0 radical (unpaired) electrons. The van der Waals surface area contributed by atoms with Crippen LogP contribution in [0.1, 0.15) is 41.3 Å². The maximum absolute atomic E-state index is 11.5. The Morgan fingerprint density at radius 2 is 2.00 bits per heavy atom. The standard InChI is InChI=1S/C20H18N4O2S/c1-13-11-16(9-10-22-13)20-18(19(23-24-20)15-6-7-15)8-5-14-3-2-4-17(12-14)27(21,25)26/h2-4,9-12,15H,6-7H2,1H3,(H,23,24)(H2,21,25,26). The van der Waals surface area contributed by atoms with Crippen molar-refractivity contribution in [3.05, 3.63) is 65.1 Å². The number of aromatic nitrogens is 3. The molecule has 1 fully saturated rings. The number of hydrogen-bond acceptors (Lipinski definition) is 4. The third-order valence-electron chi connectivity index (χ3n) is 4.44. The summed E-state index contributed by atoms with van der Waals surface area (Å²) in [5, 5.41) is 12.8. The number of hydrogen-bond donors (Lipinski definition) is 2. The van der Waals surface area contributed by atoms with Gasteiger partial charge in [0, 0.05) is 28.9 Å². The van der Waals surface area contributed by atoms with Crippen LogP contribution in [0.3, 0.4) is 0 Å². The Balaban J connectivity index is 1.79. The summed E-state index contributed by atoms with van der Waals surface area (Å²) in [4.78, 5) is 4.28. The molecule has 7 heteroatoms. The molecule has 0 amide bonds. The van der Waals surface area contributed by atoms with E-state index in [1.54, 1.807) is 18.3 Å². The number of aryl methyl sites for hydroxylation is 1. The zero-order valence-corrected chi connectivity index (χ0v) is 15.5. The second-order valence-corrected chi connectivity index (χ2v) is 8.21. The number of sulfonamides is 1. The number of pyridine rings is 1. The van der Waals surface area contributed by atoms with Crippen molar-refractivity contribution < 1.29 is 8.42 Å². The van der Waals surface area contributed by atoms with Crippen LogP contribution in [0.15, 0.2) is 47.5 Å². The van der Waals surface area contributed by atoms with Crippen LogP contribution in [-0.2, 0) is 10.0 Å². The van der Waals surface area contributed by atoms with Gasteiger partial charge in [0.25, 0.3) is 0 Å². The van der Waals surface area contributed by atoms with Crippen molar-refractivity contribution >= 4 is 10.0 Å². The molecule has 2 aromatic heterocycles. The van der Waals surface area contributed by atoms with Crippen molar-refractivity contribution in [2.75, 3.05) is 0 Å².